The molecule has 26 heavy (non-hydrogen) atoms. The molecular formula is C16H17F3N3O4+. The van der Waals surface area contributed by atoms with Crippen molar-refractivity contribution in [1.82, 2.24) is 10.1 Å². The molecule has 10 heteroatoms. The number of rotatable bonds is 4. The van der Waals surface area contributed by atoms with Crippen molar-refractivity contribution in [3.05, 3.63) is 41.9 Å². The summed E-state index contributed by atoms with van der Waals surface area (Å²) in [7, 11) is 0. The van der Waals surface area contributed by atoms with Gasteiger partial charge in [-0.25, -0.2) is 4.79 Å². The van der Waals surface area contributed by atoms with Gasteiger partial charge in [0.2, 0.25) is 0 Å². The third-order valence-electron chi connectivity index (χ3n) is 3.06. The lowest BCUT2D eigenvalue weighted by atomic mass is 10.1. The van der Waals surface area contributed by atoms with Crippen molar-refractivity contribution in [2.75, 3.05) is 0 Å². The lowest BCUT2D eigenvalue weighted by Crippen LogP contribution is -2.38. The molecule has 0 aliphatic heterocycles. The standard InChI is InChI=1S/C14H15N3O2.C2HF3O2/c1-10-7-11(2)14(15-8-10)12-3-5-17(16-9-12)6-4-13(18)19;3-2(4,5)1(6)7/h3,5,7-9H,4,6H2,1-2H3;(H,6,7)/p+1. The van der Waals surface area contributed by atoms with Gasteiger partial charge in [0.1, 0.15) is 12.6 Å². The number of halogens is 3. The number of aromatic nitrogens is 3. The molecule has 0 unspecified atom stereocenters. The van der Waals surface area contributed by atoms with Gasteiger partial charge in [-0.3, -0.25) is 9.78 Å². The molecule has 2 heterocycles. The number of aryl methyl sites for hydroxylation is 3. The molecule has 0 saturated heterocycles. The maximum atomic E-state index is 10.6. The monoisotopic (exact) mass is 372 g/mol. The lowest BCUT2D eigenvalue weighted by molar-refractivity contribution is -0.752. The second-order valence-corrected chi connectivity index (χ2v) is 5.30. The van der Waals surface area contributed by atoms with Crippen LogP contribution in [0.3, 0.4) is 0 Å². The van der Waals surface area contributed by atoms with E-state index in [2.05, 4.69) is 16.1 Å². The van der Waals surface area contributed by atoms with E-state index in [0.717, 1.165) is 22.4 Å². The Morgan fingerprint density at radius 3 is 2.23 bits per heavy atom. The van der Waals surface area contributed by atoms with E-state index in [9.17, 15) is 18.0 Å². The first-order valence-corrected chi connectivity index (χ1v) is 7.32. The van der Waals surface area contributed by atoms with Gasteiger partial charge in [-0.15, -0.1) is 0 Å². The van der Waals surface area contributed by atoms with Gasteiger partial charge in [-0.2, -0.15) is 13.2 Å². The van der Waals surface area contributed by atoms with Crippen LogP contribution in [0.1, 0.15) is 17.5 Å². The summed E-state index contributed by atoms with van der Waals surface area (Å²) in [5.74, 6) is -3.58. The Balaban J connectivity index is 0.000000412. The molecule has 0 aliphatic carbocycles. The minimum absolute atomic E-state index is 0.0683. The summed E-state index contributed by atoms with van der Waals surface area (Å²) >= 11 is 0. The first-order valence-electron chi connectivity index (χ1n) is 7.32. The molecule has 0 aromatic carbocycles. The van der Waals surface area contributed by atoms with E-state index in [0.29, 0.717) is 6.54 Å². The molecule has 140 valence electrons. The first-order chi connectivity index (χ1) is 12.0. The molecule has 0 radical (unpaired) electrons. The van der Waals surface area contributed by atoms with Crippen molar-refractivity contribution < 1.29 is 37.7 Å². The zero-order chi connectivity index (χ0) is 19.9. The lowest BCUT2D eigenvalue weighted by Gasteiger charge is -2.04. The Bertz CT molecular complexity index is 777. The fourth-order valence-electron chi connectivity index (χ4n) is 1.88. The molecule has 2 rings (SSSR count). The third-order valence-corrected chi connectivity index (χ3v) is 3.06. The number of aliphatic carboxylic acids is 2. The Morgan fingerprint density at radius 1 is 1.19 bits per heavy atom. The number of carboxylic acids is 2. The molecule has 2 aromatic rings. The molecule has 2 N–H and O–H groups in total. The maximum Gasteiger partial charge on any atom is 0.490 e. The van der Waals surface area contributed by atoms with Crippen LogP contribution in [0.15, 0.2) is 30.7 Å². The summed E-state index contributed by atoms with van der Waals surface area (Å²) in [6, 6.07) is 3.98. The maximum absolute atomic E-state index is 10.6. The Hall–Kier alpha value is -3.04. The van der Waals surface area contributed by atoms with Gasteiger partial charge in [0.05, 0.1) is 5.69 Å². The highest BCUT2D eigenvalue weighted by atomic mass is 19.4. The summed E-state index contributed by atoms with van der Waals surface area (Å²) in [6.45, 7) is 4.39. The highest BCUT2D eigenvalue weighted by molar-refractivity contribution is 5.73. The summed E-state index contributed by atoms with van der Waals surface area (Å²) in [5, 5.41) is 19.9. The molecule has 0 aliphatic rings. The van der Waals surface area contributed by atoms with Crippen LogP contribution < -0.4 is 4.68 Å². The van der Waals surface area contributed by atoms with Crippen molar-refractivity contribution >= 4 is 11.9 Å². The molecule has 0 saturated carbocycles. The van der Waals surface area contributed by atoms with E-state index < -0.39 is 18.1 Å². The predicted molar refractivity (Wildman–Crippen MR) is 83.1 cm³/mol. The zero-order valence-corrected chi connectivity index (χ0v) is 14.0. The van der Waals surface area contributed by atoms with E-state index >= 15 is 0 Å². The number of nitrogens with zero attached hydrogens (tertiary/aromatic N) is 3. The quantitative estimate of drug-likeness (QED) is 0.797. The Morgan fingerprint density at radius 2 is 1.81 bits per heavy atom. The molecule has 7 nitrogen and oxygen atoms in total. The zero-order valence-electron chi connectivity index (χ0n) is 14.0. The van der Waals surface area contributed by atoms with Gasteiger partial charge in [0.25, 0.3) is 0 Å². The molecule has 2 aromatic heterocycles. The summed E-state index contributed by atoms with van der Waals surface area (Å²) in [4.78, 5) is 23.8. The largest absolute Gasteiger partial charge is 0.490 e. The first kappa shape index (κ1) is 21.0. The van der Waals surface area contributed by atoms with Crippen LogP contribution in [-0.2, 0) is 16.1 Å². The summed E-state index contributed by atoms with van der Waals surface area (Å²) in [5.41, 5.74) is 4.07. The second kappa shape index (κ2) is 8.88. The van der Waals surface area contributed by atoms with Gasteiger partial charge in [0, 0.05) is 17.8 Å². The highest BCUT2D eigenvalue weighted by Crippen LogP contribution is 2.19. The predicted octanol–water partition coefficient (Wildman–Crippen LogP) is 2.16. The van der Waals surface area contributed by atoms with Crippen LogP contribution in [0.25, 0.3) is 11.3 Å². The van der Waals surface area contributed by atoms with Crippen molar-refractivity contribution in [3.63, 3.8) is 0 Å². The fraction of sp³-hybridized carbons (Fsp3) is 0.312. The normalized spacial score (nSPS) is 10.7. The number of hydrogen-bond donors (Lipinski definition) is 2. The van der Waals surface area contributed by atoms with E-state index in [-0.39, 0.29) is 6.42 Å². The minimum atomic E-state index is -5.08. The number of carboxylic acid groups (broad SMARTS) is 2. The summed E-state index contributed by atoms with van der Waals surface area (Å²) in [6.07, 6.45) is 0.304. The van der Waals surface area contributed by atoms with Gasteiger partial charge < -0.3 is 10.2 Å². The Kier molecular flexibility index (Phi) is 7.17. The fourth-order valence-corrected chi connectivity index (χ4v) is 1.88. The minimum Gasteiger partial charge on any atom is -0.481 e. The van der Waals surface area contributed by atoms with Crippen LogP contribution in [-0.4, -0.2) is 38.4 Å². The van der Waals surface area contributed by atoms with Crippen molar-refractivity contribution in [2.45, 2.75) is 33.0 Å². The molecule has 0 bridgehead atoms. The van der Waals surface area contributed by atoms with E-state index in [1.54, 1.807) is 17.1 Å². The second-order valence-electron chi connectivity index (χ2n) is 5.30. The van der Waals surface area contributed by atoms with Crippen LogP contribution in [0.5, 0.6) is 0 Å². The average molecular weight is 372 g/mol. The third kappa shape index (κ3) is 6.83. The average Bonchev–Trinajstić information content (AvgIpc) is 2.53. The number of hydrogen-bond acceptors (Lipinski definition) is 4. The molecule has 0 spiro atoms. The van der Waals surface area contributed by atoms with Crippen molar-refractivity contribution in [1.29, 1.82) is 0 Å². The number of pyridine rings is 1. The smallest absolute Gasteiger partial charge is 0.481 e. The van der Waals surface area contributed by atoms with Gasteiger partial charge in [-0.1, -0.05) is 10.7 Å². The number of carbonyl (C=O) groups is 2. The van der Waals surface area contributed by atoms with Gasteiger partial charge in [-0.05, 0) is 30.1 Å². The summed E-state index contributed by atoms with van der Waals surface area (Å²) < 4.78 is 33.3. The molecule has 0 amide bonds. The van der Waals surface area contributed by atoms with Crippen LogP contribution in [0.4, 0.5) is 13.2 Å². The van der Waals surface area contributed by atoms with Crippen molar-refractivity contribution in [3.8, 4) is 11.3 Å². The Labute approximate surface area is 146 Å². The molecule has 0 fully saturated rings. The van der Waals surface area contributed by atoms with Crippen molar-refractivity contribution in [2.24, 2.45) is 0 Å². The molecule has 0 atom stereocenters. The SMILES string of the molecule is Cc1cnc(-c2cc[n+](CCC(=O)O)nc2)c(C)c1.O=C(O)C(F)(F)F. The van der Waals surface area contributed by atoms with Gasteiger partial charge >= 0.3 is 18.1 Å². The molecular weight excluding hydrogens is 355 g/mol. The van der Waals surface area contributed by atoms with E-state index in [1.165, 1.54) is 0 Å². The topological polar surface area (TPSA) is 104 Å². The van der Waals surface area contributed by atoms with E-state index in [4.69, 9.17) is 15.0 Å². The van der Waals surface area contributed by atoms with Gasteiger partial charge in [0.15, 0.2) is 12.7 Å². The van der Waals surface area contributed by atoms with Crippen LogP contribution in [0.2, 0.25) is 0 Å². The van der Waals surface area contributed by atoms with Crippen LogP contribution >= 0.6 is 0 Å². The van der Waals surface area contributed by atoms with Crippen LogP contribution in [0, 0.1) is 13.8 Å². The highest BCUT2D eigenvalue weighted by Gasteiger charge is 2.38. The number of alkyl halides is 3. The van der Waals surface area contributed by atoms with E-state index in [1.807, 2.05) is 26.1 Å².